The first-order valence-corrected chi connectivity index (χ1v) is 5.94. The smallest absolute Gasteiger partial charge is 0.254 e. The fourth-order valence-corrected chi connectivity index (χ4v) is 1.48. The van der Waals surface area contributed by atoms with Gasteiger partial charge in [-0.15, -0.1) is 0 Å². The van der Waals surface area contributed by atoms with Gasteiger partial charge in [-0.25, -0.2) is 4.39 Å². The first-order valence-electron chi connectivity index (χ1n) is 4.44. The molecule has 0 aliphatic carbocycles. The van der Waals surface area contributed by atoms with Crippen molar-refractivity contribution < 1.29 is 9.18 Å². The maximum atomic E-state index is 13.3. The van der Waals surface area contributed by atoms with E-state index in [4.69, 9.17) is 11.6 Å². The summed E-state index contributed by atoms with van der Waals surface area (Å²) in [6.07, 6.45) is 0.806. The number of nitrogens with one attached hydrogen (secondary N) is 1. The molecule has 0 spiro atoms. The molecule has 0 heterocycles. The summed E-state index contributed by atoms with van der Waals surface area (Å²) in [6.45, 7) is 0.520. The van der Waals surface area contributed by atoms with Crippen molar-refractivity contribution in [2.24, 2.45) is 0 Å². The van der Waals surface area contributed by atoms with Crippen molar-refractivity contribution in [2.45, 2.75) is 6.42 Å². The summed E-state index contributed by atoms with van der Waals surface area (Å²) in [5, 5.41) is 3.69. The van der Waals surface area contributed by atoms with Crippen LogP contribution in [0.3, 0.4) is 0 Å². The minimum absolute atomic E-state index is 0.0222. The molecule has 0 saturated carbocycles. The molecule has 1 aromatic rings. The van der Waals surface area contributed by atoms with Gasteiger partial charge in [0.1, 0.15) is 5.82 Å². The SMILES string of the molecule is O=C(NCCCBr)c1ccc(Cl)cc1F. The molecule has 1 aromatic carbocycles. The summed E-state index contributed by atoms with van der Waals surface area (Å²) < 4.78 is 13.3. The van der Waals surface area contributed by atoms with Crippen LogP contribution in [0, 0.1) is 5.82 Å². The second-order valence-corrected chi connectivity index (χ2v) is 4.15. The van der Waals surface area contributed by atoms with E-state index < -0.39 is 11.7 Å². The van der Waals surface area contributed by atoms with Crippen molar-refractivity contribution in [1.82, 2.24) is 5.32 Å². The van der Waals surface area contributed by atoms with Crippen LogP contribution in [0.4, 0.5) is 4.39 Å². The van der Waals surface area contributed by atoms with E-state index >= 15 is 0 Å². The van der Waals surface area contributed by atoms with Crippen LogP contribution in [-0.4, -0.2) is 17.8 Å². The Balaban J connectivity index is 2.65. The average molecular weight is 295 g/mol. The summed E-state index contributed by atoms with van der Waals surface area (Å²) in [7, 11) is 0. The van der Waals surface area contributed by atoms with E-state index in [2.05, 4.69) is 21.2 Å². The third kappa shape index (κ3) is 3.80. The van der Waals surface area contributed by atoms with Gasteiger partial charge in [-0.3, -0.25) is 4.79 Å². The van der Waals surface area contributed by atoms with Crippen molar-refractivity contribution in [1.29, 1.82) is 0 Å². The highest BCUT2D eigenvalue weighted by molar-refractivity contribution is 9.09. The normalized spacial score (nSPS) is 10.1. The fourth-order valence-electron chi connectivity index (χ4n) is 1.04. The molecular formula is C10H10BrClFNO. The maximum absolute atomic E-state index is 13.3. The molecule has 15 heavy (non-hydrogen) atoms. The lowest BCUT2D eigenvalue weighted by atomic mass is 10.2. The lowest BCUT2D eigenvalue weighted by Crippen LogP contribution is -2.25. The van der Waals surface area contributed by atoms with Gasteiger partial charge in [-0.05, 0) is 24.6 Å². The van der Waals surface area contributed by atoms with E-state index in [0.29, 0.717) is 6.54 Å². The van der Waals surface area contributed by atoms with Crippen molar-refractivity contribution in [3.05, 3.63) is 34.6 Å². The zero-order chi connectivity index (χ0) is 11.3. The Hall–Kier alpha value is -0.610. The first-order chi connectivity index (χ1) is 7.15. The Morgan fingerprint density at radius 1 is 1.53 bits per heavy atom. The number of hydrogen-bond donors (Lipinski definition) is 1. The van der Waals surface area contributed by atoms with Crippen LogP contribution < -0.4 is 5.32 Å². The summed E-state index contributed by atoms with van der Waals surface area (Å²) >= 11 is 8.81. The van der Waals surface area contributed by atoms with Gasteiger partial charge in [-0.1, -0.05) is 27.5 Å². The van der Waals surface area contributed by atoms with Crippen LogP contribution in [0.15, 0.2) is 18.2 Å². The molecule has 0 fully saturated rings. The van der Waals surface area contributed by atoms with Gasteiger partial charge >= 0.3 is 0 Å². The molecule has 1 N–H and O–H groups in total. The van der Waals surface area contributed by atoms with Gasteiger partial charge in [0.2, 0.25) is 0 Å². The maximum Gasteiger partial charge on any atom is 0.254 e. The lowest BCUT2D eigenvalue weighted by molar-refractivity contribution is 0.0950. The Labute approximate surface area is 101 Å². The van der Waals surface area contributed by atoms with E-state index in [0.717, 1.165) is 17.8 Å². The number of hydrogen-bond acceptors (Lipinski definition) is 1. The molecule has 0 unspecified atom stereocenters. The molecule has 2 nitrogen and oxygen atoms in total. The molecule has 1 rings (SSSR count). The van der Waals surface area contributed by atoms with Crippen LogP contribution in [0.1, 0.15) is 16.8 Å². The predicted molar refractivity (Wildman–Crippen MR) is 62.2 cm³/mol. The molecule has 0 saturated heterocycles. The zero-order valence-electron chi connectivity index (χ0n) is 7.90. The molecule has 0 aromatic heterocycles. The van der Waals surface area contributed by atoms with Gasteiger partial charge in [0, 0.05) is 16.9 Å². The monoisotopic (exact) mass is 293 g/mol. The van der Waals surface area contributed by atoms with Crippen LogP contribution in [0.2, 0.25) is 5.02 Å². The van der Waals surface area contributed by atoms with Gasteiger partial charge in [0.05, 0.1) is 5.56 Å². The minimum Gasteiger partial charge on any atom is -0.352 e. The van der Waals surface area contributed by atoms with Crippen LogP contribution >= 0.6 is 27.5 Å². The van der Waals surface area contributed by atoms with E-state index in [1.165, 1.54) is 12.1 Å². The summed E-state index contributed by atoms with van der Waals surface area (Å²) in [6, 6.07) is 3.99. The molecular weight excluding hydrogens is 284 g/mol. The number of alkyl halides is 1. The predicted octanol–water partition coefficient (Wildman–Crippen LogP) is 2.99. The Bertz CT molecular complexity index is 359. The lowest BCUT2D eigenvalue weighted by Gasteiger charge is -2.04. The van der Waals surface area contributed by atoms with E-state index in [-0.39, 0.29) is 10.6 Å². The third-order valence-electron chi connectivity index (χ3n) is 1.77. The molecule has 0 aliphatic rings. The van der Waals surface area contributed by atoms with Gasteiger partial charge in [-0.2, -0.15) is 0 Å². The number of halogens is 3. The van der Waals surface area contributed by atoms with Crippen LogP contribution in [0.5, 0.6) is 0 Å². The standard InChI is InChI=1S/C10H10BrClFNO/c11-4-1-5-14-10(15)8-3-2-7(12)6-9(8)13/h2-3,6H,1,4-5H2,(H,14,15). The van der Waals surface area contributed by atoms with Crippen molar-refractivity contribution in [2.75, 3.05) is 11.9 Å². The quantitative estimate of drug-likeness (QED) is 0.671. The van der Waals surface area contributed by atoms with E-state index in [1.807, 2.05) is 0 Å². The highest BCUT2D eigenvalue weighted by Gasteiger charge is 2.10. The van der Waals surface area contributed by atoms with Crippen LogP contribution in [-0.2, 0) is 0 Å². The van der Waals surface area contributed by atoms with Gasteiger partial charge in [0.25, 0.3) is 5.91 Å². The highest BCUT2D eigenvalue weighted by Crippen LogP contribution is 2.14. The van der Waals surface area contributed by atoms with Gasteiger partial charge < -0.3 is 5.32 Å². The van der Waals surface area contributed by atoms with Crippen molar-refractivity contribution >= 4 is 33.4 Å². The van der Waals surface area contributed by atoms with E-state index in [1.54, 1.807) is 0 Å². The highest BCUT2D eigenvalue weighted by atomic mass is 79.9. The second kappa shape index (κ2) is 6.08. The van der Waals surface area contributed by atoms with E-state index in [9.17, 15) is 9.18 Å². The minimum atomic E-state index is -0.598. The third-order valence-corrected chi connectivity index (χ3v) is 2.57. The topological polar surface area (TPSA) is 29.1 Å². The molecule has 0 aliphatic heterocycles. The Kier molecular flexibility index (Phi) is 5.05. The van der Waals surface area contributed by atoms with Crippen molar-refractivity contribution in [3.8, 4) is 0 Å². The molecule has 1 amide bonds. The summed E-state index contributed by atoms with van der Waals surface area (Å²) in [5.74, 6) is -1.01. The molecule has 0 radical (unpaired) electrons. The number of amides is 1. The largest absolute Gasteiger partial charge is 0.352 e. The molecule has 5 heteroatoms. The number of rotatable bonds is 4. The van der Waals surface area contributed by atoms with Crippen molar-refractivity contribution in [3.63, 3.8) is 0 Å². The fraction of sp³-hybridized carbons (Fsp3) is 0.300. The molecule has 82 valence electrons. The number of carbonyl (C=O) groups excluding carboxylic acids is 1. The van der Waals surface area contributed by atoms with Gasteiger partial charge in [0.15, 0.2) is 0 Å². The number of benzene rings is 1. The Morgan fingerprint density at radius 3 is 2.87 bits per heavy atom. The second-order valence-electron chi connectivity index (χ2n) is 2.92. The molecule has 0 atom stereocenters. The summed E-state index contributed by atoms with van der Waals surface area (Å²) in [4.78, 5) is 11.4. The average Bonchev–Trinajstić information content (AvgIpc) is 2.17. The zero-order valence-corrected chi connectivity index (χ0v) is 10.2. The molecule has 0 bridgehead atoms. The van der Waals surface area contributed by atoms with Crippen LogP contribution in [0.25, 0.3) is 0 Å². The number of carbonyl (C=O) groups is 1. The summed E-state index contributed by atoms with van der Waals surface area (Å²) in [5.41, 5.74) is 0.0222. The Morgan fingerprint density at radius 2 is 2.27 bits per heavy atom. The first kappa shape index (κ1) is 12.5.